The lowest BCUT2D eigenvalue weighted by molar-refractivity contribution is 0.257. The Hall–Kier alpha value is -1.48. The van der Waals surface area contributed by atoms with Crippen molar-refractivity contribution in [2.45, 2.75) is 17.9 Å². The number of piperazine rings is 1. The quantitative estimate of drug-likeness (QED) is 0.886. The topological polar surface area (TPSA) is 67.2 Å². The summed E-state index contributed by atoms with van der Waals surface area (Å²) in [6.45, 7) is 2.96. The van der Waals surface area contributed by atoms with Gasteiger partial charge in [-0.3, -0.25) is 0 Å². The molecular weight excluding hydrogens is 355 g/mol. The van der Waals surface area contributed by atoms with Gasteiger partial charge in [0.05, 0.1) is 6.04 Å². The van der Waals surface area contributed by atoms with Crippen LogP contribution in [0.15, 0.2) is 35.5 Å². The molecule has 0 aliphatic carbocycles. The second-order valence-corrected chi connectivity index (χ2v) is 7.52. The number of hydrogen-bond acceptors (Lipinski definition) is 4. The third kappa shape index (κ3) is 3.32. The highest BCUT2D eigenvalue weighted by molar-refractivity contribution is 7.89. The largest absolute Gasteiger partial charge is 0.337 e. The van der Waals surface area contributed by atoms with Crippen molar-refractivity contribution in [3.05, 3.63) is 47.8 Å². The minimum Gasteiger partial charge on any atom is -0.337 e. The molecule has 1 aliphatic rings. The van der Waals surface area contributed by atoms with E-state index in [-0.39, 0.29) is 23.8 Å². The van der Waals surface area contributed by atoms with Crippen LogP contribution in [-0.2, 0) is 17.1 Å². The molecule has 9 heteroatoms. The number of hydrogen-bond donors (Lipinski definition) is 1. The fraction of sp³-hybridized carbons (Fsp3) is 0.400. The molecule has 1 saturated heterocycles. The molecule has 24 heavy (non-hydrogen) atoms. The zero-order valence-corrected chi connectivity index (χ0v) is 15.1. The van der Waals surface area contributed by atoms with Gasteiger partial charge in [-0.05, 0) is 24.6 Å². The molecule has 0 spiro atoms. The van der Waals surface area contributed by atoms with Crippen LogP contribution >= 0.6 is 12.4 Å². The number of imidazole rings is 1. The predicted molar refractivity (Wildman–Crippen MR) is 91.1 cm³/mol. The first-order chi connectivity index (χ1) is 10.9. The van der Waals surface area contributed by atoms with E-state index in [1.165, 1.54) is 16.4 Å². The molecule has 1 unspecified atom stereocenters. The third-order valence-corrected chi connectivity index (χ3v) is 5.97. The molecule has 1 aromatic carbocycles. The molecular formula is C15H20ClFN4O2S. The normalized spacial score (nSPS) is 19.0. The Labute approximate surface area is 147 Å². The van der Waals surface area contributed by atoms with E-state index in [2.05, 4.69) is 10.3 Å². The predicted octanol–water partition coefficient (Wildman–Crippen LogP) is 1.62. The summed E-state index contributed by atoms with van der Waals surface area (Å²) in [5.41, 5.74) is 0.683. The highest BCUT2D eigenvalue weighted by Gasteiger charge is 2.37. The maximum absolute atomic E-state index is 14.2. The lowest BCUT2D eigenvalue weighted by Gasteiger charge is -2.34. The summed E-state index contributed by atoms with van der Waals surface area (Å²) in [5.74, 6) is -0.0876. The van der Waals surface area contributed by atoms with Crippen LogP contribution in [0.2, 0.25) is 0 Å². The van der Waals surface area contributed by atoms with Crippen LogP contribution in [0.5, 0.6) is 0 Å². The molecule has 3 rings (SSSR count). The average molecular weight is 375 g/mol. The van der Waals surface area contributed by atoms with Gasteiger partial charge < -0.3 is 9.88 Å². The molecule has 0 bridgehead atoms. The van der Waals surface area contributed by atoms with E-state index < -0.39 is 21.9 Å². The van der Waals surface area contributed by atoms with Crippen molar-refractivity contribution in [1.29, 1.82) is 0 Å². The van der Waals surface area contributed by atoms with Crippen molar-refractivity contribution in [3.8, 4) is 0 Å². The van der Waals surface area contributed by atoms with Crippen molar-refractivity contribution in [2.75, 3.05) is 19.6 Å². The summed E-state index contributed by atoms with van der Waals surface area (Å²) in [7, 11) is -2.12. The molecule has 0 radical (unpaired) electrons. The van der Waals surface area contributed by atoms with E-state index in [9.17, 15) is 12.8 Å². The summed E-state index contributed by atoms with van der Waals surface area (Å²) in [6, 6.07) is 3.71. The average Bonchev–Trinajstić information content (AvgIpc) is 2.93. The van der Waals surface area contributed by atoms with Gasteiger partial charge in [0.15, 0.2) is 0 Å². The summed E-state index contributed by atoms with van der Waals surface area (Å²) >= 11 is 0. The maximum Gasteiger partial charge on any atom is 0.246 e. The fourth-order valence-electron chi connectivity index (χ4n) is 2.83. The highest BCUT2D eigenvalue weighted by Crippen LogP contribution is 2.29. The van der Waals surface area contributed by atoms with Crippen LogP contribution in [0.25, 0.3) is 0 Å². The van der Waals surface area contributed by atoms with Crippen LogP contribution in [0.4, 0.5) is 4.39 Å². The molecule has 1 N–H and O–H groups in total. The van der Waals surface area contributed by atoms with Gasteiger partial charge in [0.1, 0.15) is 16.5 Å². The minimum atomic E-state index is -3.94. The Morgan fingerprint density at radius 3 is 2.75 bits per heavy atom. The van der Waals surface area contributed by atoms with Crippen LogP contribution in [0.1, 0.15) is 17.4 Å². The van der Waals surface area contributed by atoms with Crippen molar-refractivity contribution in [1.82, 2.24) is 19.2 Å². The Morgan fingerprint density at radius 2 is 2.12 bits per heavy atom. The van der Waals surface area contributed by atoms with Gasteiger partial charge in [-0.2, -0.15) is 4.31 Å². The number of sulfonamides is 1. The van der Waals surface area contributed by atoms with Crippen LogP contribution in [-0.4, -0.2) is 41.9 Å². The first kappa shape index (κ1) is 18.9. The second-order valence-electron chi connectivity index (χ2n) is 5.67. The molecule has 0 saturated carbocycles. The Kier molecular flexibility index (Phi) is 5.64. The molecule has 2 heterocycles. The molecule has 1 atom stereocenters. The lowest BCUT2D eigenvalue weighted by Crippen LogP contribution is -2.49. The monoisotopic (exact) mass is 374 g/mol. The minimum absolute atomic E-state index is 0. The van der Waals surface area contributed by atoms with E-state index >= 15 is 0 Å². The van der Waals surface area contributed by atoms with Gasteiger partial charge in [0, 0.05) is 39.1 Å². The lowest BCUT2D eigenvalue weighted by atomic mass is 10.2. The zero-order valence-electron chi connectivity index (χ0n) is 13.4. The van der Waals surface area contributed by atoms with E-state index in [1.54, 1.807) is 30.0 Å². The first-order valence-electron chi connectivity index (χ1n) is 7.37. The van der Waals surface area contributed by atoms with Gasteiger partial charge in [0.25, 0.3) is 0 Å². The molecule has 1 aliphatic heterocycles. The van der Waals surface area contributed by atoms with E-state index in [0.717, 1.165) is 0 Å². The Bertz CT molecular complexity index is 825. The summed E-state index contributed by atoms with van der Waals surface area (Å²) < 4.78 is 43.2. The number of nitrogens with one attached hydrogen (secondary N) is 1. The standard InChI is InChI=1S/C15H19FN4O2S.ClH/c1-11-3-4-14(12(16)9-11)23(21,22)20-8-5-17-10-13(20)15-18-6-7-19(15)2;/h3-4,6-7,9,13,17H,5,8,10H2,1-2H3;1H. The molecule has 2 aromatic rings. The SMILES string of the molecule is Cc1ccc(S(=O)(=O)N2CCNCC2c2nccn2C)c(F)c1.Cl. The smallest absolute Gasteiger partial charge is 0.246 e. The van der Waals surface area contributed by atoms with Crippen molar-refractivity contribution in [3.63, 3.8) is 0 Å². The maximum atomic E-state index is 14.2. The molecule has 1 aromatic heterocycles. The zero-order chi connectivity index (χ0) is 16.6. The van der Waals surface area contributed by atoms with E-state index in [0.29, 0.717) is 24.5 Å². The fourth-order valence-corrected chi connectivity index (χ4v) is 4.47. The molecule has 1 fully saturated rings. The van der Waals surface area contributed by atoms with Crippen LogP contribution in [0.3, 0.4) is 0 Å². The molecule has 132 valence electrons. The summed E-state index contributed by atoms with van der Waals surface area (Å²) in [6.07, 6.45) is 3.39. The third-order valence-electron chi connectivity index (χ3n) is 4.02. The summed E-state index contributed by atoms with van der Waals surface area (Å²) in [4.78, 5) is 3.97. The molecule has 6 nitrogen and oxygen atoms in total. The summed E-state index contributed by atoms with van der Waals surface area (Å²) in [5, 5.41) is 3.17. The van der Waals surface area contributed by atoms with Gasteiger partial charge in [0.2, 0.25) is 10.0 Å². The number of aryl methyl sites for hydroxylation is 2. The number of halogens is 2. The van der Waals surface area contributed by atoms with Gasteiger partial charge in [-0.25, -0.2) is 17.8 Å². The van der Waals surface area contributed by atoms with Crippen molar-refractivity contribution < 1.29 is 12.8 Å². The second kappa shape index (κ2) is 7.18. The van der Waals surface area contributed by atoms with Crippen LogP contribution in [0, 0.1) is 12.7 Å². The number of rotatable bonds is 3. The number of benzene rings is 1. The number of nitrogens with zero attached hydrogens (tertiary/aromatic N) is 3. The first-order valence-corrected chi connectivity index (χ1v) is 8.81. The van der Waals surface area contributed by atoms with Gasteiger partial charge in [-0.15, -0.1) is 12.4 Å². The van der Waals surface area contributed by atoms with E-state index in [4.69, 9.17) is 0 Å². The number of aromatic nitrogens is 2. The van der Waals surface area contributed by atoms with Gasteiger partial charge >= 0.3 is 0 Å². The van der Waals surface area contributed by atoms with Crippen molar-refractivity contribution >= 4 is 22.4 Å². The van der Waals surface area contributed by atoms with Crippen LogP contribution < -0.4 is 5.32 Å². The Morgan fingerprint density at radius 1 is 1.38 bits per heavy atom. The molecule has 0 amide bonds. The highest BCUT2D eigenvalue weighted by atomic mass is 35.5. The van der Waals surface area contributed by atoms with E-state index in [1.807, 2.05) is 7.05 Å². The van der Waals surface area contributed by atoms with Gasteiger partial charge in [-0.1, -0.05) is 6.07 Å². The Balaban J connectivity index is 0.00000208. The van der Waals surface area contributed by atoms with Crippen molar-refractivity contribution in [2.24, 2.45) is 7.05 Å².